The Morgan fingerprint density at radius 2 is 2.00 bits per heavy atom. The first-order valence-electron chi connectivity index (χ1n) is 5.39. The third-order valence-electron chi connectivity index (χ3n) is 2.47. The lowest BCUT2D eigenvalue weighted by Crippen LogP contribution is -2.21. The zero-order valence-electron chi connectivity index (χ0n) is 10.2. The van der Waals surface area contributed by atoms with Crippen LogP contribution in [0.15, 0.2) is 23.1 Å². The molecule has 0 heterocycles. The Hall–Kier alpha value is -0.950. The van der Waals surface area contributed by atoms with Gasteiger partial charge in [-0.15, -0.1) is 0 Å². The van der Waals surface area contributed by atoms with Crippen molar-refractivity contribution in [2.24, 2.45) is 0 Å². The van der Waals surface area contributed by atoms with Gasteiger partial charge in [-0.1, -0.05) is 0 Å². The Morgan fingerprint density at radius 1 is 1.39 bits per heavy atom. The summed E-state index contributed by atoms with van der Waals surface area (Å²) in [5.41, 5.74) is 5.61. The van der Waals surface area contributed by atoms with Gasteiger partial charge in [-0.05, 0) is 32.0 Å². The van der Waals surface area contributed by atoms with Gasteiger partial charge in [-0.3, -0.25) is 4.21 Å². The van der Waals surface area contributed by atoms with E-state index in [1.54, 1.807) is 13.8 Å². The number of rotatable bonds is 5. The topological polar surface area (TPSA) is 77.2 Å². The number of anilines is 1. The van der Waals surface area contributed by atoms with Gasteiger partial charge in [0.2, 0.25) is 0 Å². The van der Waals surface area contributed by atoms with E-state index in [2.05, 4.69) is 0 Å². The van der Waals surface area contributed by atoms with Crippen LogP contribution in [0.2, 0.25) is 0 Å². The van der Waals surface area contributed by atoms with E-state index in [1.807, 2.05) is 0 Å². The molecule has 0 saturated heterocycles. The molecule has 0 radical (unpaired) electrons. The minimum absolute atomic E-state index is 0.0110. The first kappa shape index (κ1) is 15.1. The van der Waals surface area contributed by atoms with Gasteiger partial charge in [-0.25, -0.2) is 12.8 Å². The van der Waals surface area contributed by atoms with Crippen molar-refractivity contribution in [1.29, 1.82) is 0 Å². The van der Waals surface area contributed by atoms with Gasteiger partial charge in [0.1, 0.15) is 5.82 Å². The van der Waals surface area contributed by atoms with Crippen molar-refractivity contribution in [2.45, 2.75) is 24.0 Å². The molecule has 0 spiro atoms. The first-order chi connectivity index (χ1) is 8.24. The maximum absolute atomic E-state index is 13.5. The SMILES string of the molecule is CC(C)S(=O)(=O)CCS(=O)c1ccc(N)cc1F. The van der Waals surface area contributed by atoms with Gasteiger partial charge in [0.15, 0.2) is 9.84 Å². The minimum atomic E-state index is -3.26. The van der Waals surface area contributed by atoms with Gasteiger partial charge in [0.25, 0.3) is 0 Å². The van der Waals surface area contributed by atoms with Crippen LogP contribution >= 0.6 is 0 Å². The molecule has 1 atom stereocenters. The van der Waals surface area contributed by atoms with Gasteiger partial charge in [0.05, 0.1) is 26.7 Å². The summed E-state index contributed by atoms with van der Waals surface area (Å²) in [5.74, 6) is -1.00. The molecule has 1 aromatic carbocycles. The van der Waals surface area contributed by atoms with Crippen molar-refractivity contribution in [2.75, 3.05) is 17.2 Å². The molecule has 4 nitrogen and oxygen atoms in total. The summed E-state index contributed by atoms with van der Waals surface area (Å²) in [5, 5.41) is -0.522. The van der Waals surface area contributed by atoms with Gasteiger partial charge in [-0.2, -0.15) is 0 Å². The summed E-state index contributed by atoms with van der Waals surface area (Å²) in [4.78, 5) is -0.0110. The summed E-state index contributed by atoms with van der Waals surface area (Å²) in [6.07, 6.45) is 0. The van der Waals surface area contributed by atoms with Gasteiger partial charge >= 0.3 is 0 Å². The van der Waals surface area contributed by atoms with Crippen LogP contribution in [0.1, 0.15) is 13.8 Å². The van der Waals surface area contributed by atoms with E-state index in [9.17, 15) is 17.0 Å². The second-order valence-electron chi connectivity index (χ2n) is 4.16. The Kier molecular flexibility index (Phi) is 4.86. The Balaban J connectivity index is 2.78. The summed E-state index contributed by atoms with van der Waals surface area (Å²) < 4.78 is 48.4. The summed E-state index contributed by atoms with van der Waals surface area (Å²) in [6, 6.07) is 3.83. The normalized spacial score (nSPS) is 13.8. The minimum Gasteiger partial charge on any atom is -0.399 e. The summed E-state index contributed by atoms with van der Waals surface area (Å²) >= 11 is 0. The molecule has 0 aromatic heterocycles. The van der Waals surface area contributed by atoms with Gasteiger partial charge in [0, 0.05) is 11.4 Å². The predicted molar refractivity (Wildman–Crippen MR) is 71.0 cm³/mol. The lowest BCUT2D eigenvalue weighted by atomic mass is 10.3. The van der Waals surface area contributed by atoms with Crippen LogP contribution in [0, 0.1) is 5.82 Å². The Bertz CT molecular complexity index is 555. The fraction of sp³-hybridized carbons (Fsp3) is 0.455. The quantitative estimate of drug-likeness (QED) is 0.831. The van der Waals surface area contributed by atoms with Crippen LogP contribution < -0.4 is 5.73 Å². The Morgan fingerprint density at radius 3 is 2.50 bits per heavy atom. The monoisotopic (exact) mass is 293 g/mol. The van der Waals surface area contributed by atoms with E-state index in [-0.39, 0.29) is 22.1 Å². The molecule has 7 heteroatoms. The number of benzene rings is 1. The lowest BCUT2D eigenvalue weighted by Gasteiger charge is -2.08. The van der Waals surface area contributed by atoms with E-state index in [0.29, 0.717) is 0 Å². The molecule has 0 amide bonds. The highest BCUT2D eigenvalue weighted by Crippen LogP contribution is 2.16. The van der Waals surface area contributed by atoms with Crippen molar-refractivity contribution >= 4 is 26.3 Å². The second kappa shape index (κ2) is 5.79. The van der Waals surface area contributed by atoms with E-state index in [4.69, 9.17) is 5.73 Å². The fourth-order valence-corrected chi connectivity index (χ4v) is 3.96. The van der Waals surface area contributed by atoms with Crippen molar-refractivity contribution in [1.82, 2.24) is 0 Å². The summed E-state index contributed by atoms with van der Waals surface area (Å²) in [7, 11) is -4.94. The molecular weight excluding hydrogens is 277 g/mol. The van der Waals surface area contributed by atoms with E-state index in [0.717, 1.165) is 6.07 Å². The van der Waals surface area contributed by atoms with E-state index < -0.39 is 31.7 Å². The molecule has 0 aliphatic rings. The molecule has 0 aliphatic heterocycles. The third kappa shape index (κ3) is 3.78. The second-order valence-corrected chi connectivity index (χ2v) is 8.37. The van der Waals surface area contributed by atoms with Crippen LogP contribution in [0.5, 0.6) is 0 Å². The predicted octanol–water partition coefficient (Wildman–Crippen LogP) is 1.34. The zero-order chi connectivity index (χ0) is 13.9. The average Bonchev–Trinajstić information content (AvgIpc) is 2.25. The van der Waals surface area contributed by atoms with Crippen molar-refractivity contribution < 1.29 is 17.0 Å². The van der Waals surface area contributed by atoms with Gasteiger partial charge < -0.3 is 5.73 Å². The highest BCUT2D eigenvalue weighted by atomic mass is 32.2. The van der Waals surface area contributed by atoms with Crippen LogP contribution in [0.4, 0.5) is 10.1 Å². The molecule has 0 fully saturated rings. The molecule has 102 valence electrons. The zero-order valence-corrected chi connectivity index (χ0v) is 11.9. The number of halogens is 1. The molecule has 2 N–H and O–H groups in total. The van der Waals surface area contributed by atoms with Crippen LogP contribution in [-0.2, 0) is 20.6 Å². The number of hydrogen-bond donors (Lipinski definition) is 1. The van der Waals surface area contributed by atoms with E-state index >= 15 is 0 Å². The molecule has 1 rings (SSSR count). The molecular formula is C11H16FNO3S2. The molecule has 0 aliphatic carbocycles. The maximum atomic E-state index is 13.5. The molecule has 18 heavy (non-hydrogen) atoms. The summed E-state index contributed by atoms with van der Waals surface area (Å²) in [6.45, 7) is 3.12. The smallest absolute Gasteiger partial charge is 0.153 e. The standard InChI is InChI=1S/C11H16FNO3S2/c1-8(2)18(15,16)6-5-17(14)11-4-3-9(13)7-10(11)12/h3-4,7-8H,5-6,13H2,1-2H3. The first-order valence-corrected chi connectivity index (χ1v) is 8.42. The fourth-order valence-electron chi connectivity index (χ4n) is 1.24. The molecule has 1 aromatic rings. The van der Waals surface area contributed by atoms with Crippen LogP contribution in [-0.4, -0.2) is 29.4 Å². The molecule has 0 bridgehead atoms. The number of sulfone groups is 1. The van der Waals surface area contributed by atoms with Crippen molar-refractivity contribution in [3.05, 3.63) is 24.0 Å². The third-order valence-corrected chi connectivity index (χ3v) is 6.34. The number of hydrogen-bond acceptors (Lipinski definition) is 4. The highest BCUT2D eigenvalue weighted by molar-refractivity contribution is 7.93. The van der Waals surface area contributed by atoms with Crippen LogP contribution in [0.3, 0.4) is 0 Å². The Labute approximate surface area is 109 Å². The van der Waals surface area contributed by atoms with Crippen molar-refractivity contribution in [3.63, 3.8) is 0 Å². The number of nitrogens with two attached hydrogens (primary N) is 1. The molecule has 1 unspecified atom stereocenters. The van der Waals surface area contributed by atoms with Crippen molar-refractivity contribution in [3.8, 4) is 0 Å². The van der Waals surface area contributed by atoms with E-state index in [1.165, 1.54) is 12.1 Å². The number of nitrogen functional groups attached to an aromatic ring is 1. The molecule has 0 saturated carbocycles. The maximum Gasteiger partial charge on any atom is 0.153 e. The highest BCUT2D eigenvalue weighted by Gasteiger charge is 2.19. The average molecular weight is 293 g/mol. The largest absolute Gasteiger partial charge is 0.399 e. The lowest BCUT2D eigenvalue weighted by molar-refractivity contribution is 0.586. The van der Waals surface area contributed by atoms with Crippen LogP contribution in [0.25, 0.3) is 0 Å².